The maximum atomic E-state index is 12.8. The highest BCUT2D eigenvalue weighted by molar-refractivity contribution is 7.17. The van der Waals surface area contributed by atoms with E-state index in [1.54, 1.807) is 12.1 Å². The third kappa shape index (κ3) is 2.84. The second kappa shape index (κ2) is 5.14. The number of aromatic nitrogens is 1. The number of benzene rings is 1. The standard InChI is InChI=1S/C12H11FN2O2S/c1-7(8-2-4-9(13)5-3-8)15-12-14-6-10(18-12)11(16)17/h2-7H,1H3,(H,14,15)(H,16,17). The zero-order chi connectivity index (χ0) is 13.1. The van der Waals surface area contributed by atoms with Crippen molar-refractivity contribution in [2.45, 2.75) is 13.0 Å². The van der Waals surface area contributed by atoms with Crippen LogP contribution in [0.4, 0.5) is 9.52 Å². The highest BCUT2D eigenvalue weighted by Crippen LogP contribution is 2.23. The fraction of sp³-hybridized carbons (Fsp3) is 0.167. The molecule has 0 radical (unpaired) electrons. The van der Waals surface area contributed by atoms with Gasteiger partial charge in [0.25, 0.3) is 0 Å². The van der Waals surface area contributed by atoms with Crippen molar-refractivity contribution in [3.8, 4) is 0 Å². The molecule has 0 bridgehead atoms. The summed E-state index contributed by atoms with van der Waals surface area (Å²) in [5, 5.41) is 12.4. The zero-order valence-electron chi connectivity index (χ0n) is 9.55. The van der Waals surface area contributed by atoms with Crippen LogP contribution in [0, 0.1) is 5.82 Å². The number of carboxylic acid groups (broad SMARTS) is 1. The van der Waals surface area contributed by atoms with Gasteiger partial charge in [-0.1, -0.05) is 23.5 Å². The smallest absolute Gasteiger partial charge is 0.347 e. The molecule has 1 unspecified atom stereocenters. The van der Waals surface area contributed by atoms with E-state index < -0.39 is 5.97 Å². The van der Waals surface area contributed by atoms with Gasteiger partial charge in [0.2, 0.25) is 0 Å². The number of aromatic carboxylic acids is 1. The van der Waals surface area contributed by atoms with Gasteiger partial charge in [-0.05, 0) is 24.6 Å². The third-order valence-electron chi connectivity index (χ3n) is 2.43. The second-order valence-corrected chi connectivity index (χ2v) is 4.78. The molecule has 6 heteroatoms. The number of thiazole rings is 1. The van der Waals surface area contributed by atoms with Gasteiger partial charge >= 0.3 is 5.97 Å². The van der Waals surface area contributed by atoms with E-state index in [9.17, 15) is 9.18 Å². The number of halogens is 1. The fourth-order valence-corrected chi connectivity index (χ4v) is 2.20. The number of carbonyl (C=O) groups is 1. The maximum absolute atomic E-state index is 12.8. The number of carboxylic acids is 1. The summed E-state index contributed by atoms with van der Waals surface area (Å²) in [6.07, 6.45) is 1.31. The van der Waals surface area contributed by atoms with Crippen LogP contribution in [0.15, 0.2) is 30.5 Å². The molecule has 0 aliphatic rings. The summed E-state index contributed by atoms with van der Waals surface area (Å²) in [5.74, 6) is -1.27. The van der Waals surface area contributed by atoms with E-state index in [0.717, 1.165) is 16.9 Å². The molecule has 1 heterocycles. The molecule has 0 fully saturated rings. The topological polar surface area (TPSA) is 62.2 Å². The van der Waals surface area contributed by atoms with Gasteiger partial charge in [-0.25, -0.2) is 14.2 Å². The summed E-state index contributed by atoms with van der Waals surface area (Å²) in [7, 11) is 0. The molecule has 2 N–H and O–H groups in total. The minimum absolute atomic E-state index is 0.0709. The Morgan fingerprint density at radius 1 is 1.44 bits per heavy atom. The summed E-state index contributed by atoms with van der Waals surface area (Å²) < 4.78 is 12.8. The van der Waals surface area contributed by atoms with Gasteiger partial charge in [0, 0.05) is 0 Å². The summed E-state index contributed by atoms with van der Waals surface area (Å²) in [5.41, 5.74) is 0.906. The van der Waals surface area contributed by atoms with Crippen molar-refractivity contribution in [1.82, 2.24) is 4.98 Å². The second-order valence-electron chi connectivity index (χ2n) is 3.75. The molecule has 0 aliphatic carbocycles. The quantitative estimate of drug-likeness (QED) is 0.892. The van der Waals surface area contributed by atoms with Crippen LogP contribution >= 0.6 is 11.3 Å². The van der Waals surface area contributed by atoms with E-state index in [4.69, 9.17) is 5.11 Å². The molecule has 1 aromatic carbocycles. The van der Waals surface area contributed by atoms with Crippen LogP contribution in [0.1, 0.15) is 28.2 Å². The highest BCUT2D eigenvalue weighted by Gasteiger charge is 2.11. The minimum atomic E-state index is -0.991. The van der Waals surface area contributed by atoms with Crippen molar-refractivity contribution in [3.63, 3.8) is 0 Å². The molecule has 0 saturated heterocycles. The lowest BCUT2D eigenvalue weighted by molar-refractivity contribution is 0.0702. The molecule has 94 valence electrons. The summed E-state index contributed by atoms with van der Waals surface area (Å²) in [4.78, 5) is 14.9. The number of rotatable bonds is 4. The Morgan fingerprint density at radius 3 is 2.67 bits per heavy atom. The molecular formula is C12H11FN2O2S. The first-order chi connectivity index (χ1) is 8.56. The number of hydrogen-bond acceptors (Lipinski definition) is 4. The normalized spacial score (nSPS) is 12.1. The zero-order valence-corrected chi connectivity index (χ0v) is 10.4. The molecule has 1 atom stereocenters. The Labute approximate surface area is 107 Å². The Morgan fingerprint density at radius 2 is 2.11 bits per heavy atom. The number of anilines is 1. The predicted octanol–water partition coefficient (Wildman–Crippen LogP) is 3.15. The van der Waals surface area contributed by atoms with E-state index in [2.05, 4.69) is 10.3 Å². The SMILES string of the molecule is CC(Nc1ncc(C(=O)O)s1)c1ccc(F)cc1. The maximum Gasteiger partial charge on any atom is 0.347 e. The average Bonchev–Trinajstić information content (AvgIpc) is 2.78. The molecule has 0 spiro atoms. The van der Waals surface area contributed by atoms with Crippen molar-refractivity contribution in [2.75, 3.05) is 5.32 Å². The summed E-state index contributed by atoms with van der Waals surface area (Å²) in [6, 6.07) is 6.06. The molecule has 0 amide bonds. The monoisotopic (exact) mass is 266 g/mol. The molecular weight excluding hydrogens is 255 g/mol. The summed E-state index contributed by atoms with van der Waals surface area (Å²) in [6.45, 7) is 1.90. The van der Waals surface area contributed by atoms with Crippen LogP contribution in [0.25, 0.3) is 0 Å². The van der Waals surface area contributed by atoms with E-state index in [1.165, 1.54) is 18.3 Å². The number of nitrogens with zero attached hydrogens (tertiary/aromatic N) is 1. The minimum Gasteiger partial charge on any atom is -0.477 e. The van der Waals surface area contributed by atoms with Crippen molar-refractivity contribution >= 4 is 22.4 Å². The van der Waals surface area contributed by atoms with Gasteiger partial charge in [-0.15, -0.1) is 0 Å². The van der Waals surface area contributed by atoms with Gasteiger partial charge in [0.1, 0.15) is 10.7 Å². The molecule has 18 heavy (non-hydrogen) atoms. The molecule has 1 aromatic heterocycles. The first kappa shape index (κ1) is 12.5. The van der Waals surface area contributed by atoms with Crippen LogP contribution in [-0.2, 0) is 0 Å². The largest absolute Gasteiger partial charge is 0.477 e. The number of nitrogens with one attached hydrogen (secondary N) is 1. The van der Waals surface area contributed by atoms with E-state index in [-0.39, 0.29) is 16.7 Å². The van der Waals surface area contributed by atoms with Crippen LogP contribution in [0.3, 0.4) is 0 Å². The van der Waals surface area contributed by atoms with Gasteiger partial charge in [0.15, 0.2) is 5.13 Å². The van der Waals surface area contributed by atoms with Crippen LogP contribution < -0.4 is 5.32 Å². The lowest BCUT2D eigenvalue weighted by atomic mass is 10.1. The fourth-order valence-electron chi connectivity index (χ4n) is 1.46. The first-order valence-corrected chi connectivity index (χ1v) is 6.09. The van der Waals surface area contributed by atoms with Crippen LogP contribution in [0.2, 0.25) is 0 Å². The van der Waals surface area contributed by atoms with Gasteiger partial charge in [-0.2, -0.15) is 0 Å². The highest BCUT2D eigenvalue weighted by atomic mass is 32.1. The lowest BCUT2D eigenvalue weighted by Crippen LogP contribution is -2.06. The molecule has 2 aromatic rings. The Hall–Kier alpha value is -1.95. The Kier molecular flexibility index (Phi) is 3.57. The van der Waals surface area contributed by atoms with Gasteiger partial charge < -0.3 is 10.4 Å². The molecule has 0 saturated carbocycles. The van der Waals surface area contributed by atoms with Crippen molar-refractivity contribution in [3.05, 3.63) is 46.7 Å². The number of hydrogen-bond donors (Lipinski definition) is 2. The third-order valence-corrected chi connectivity index (χ3v) is 3.34. The first-order valence-electron chi connectivity index (χ1n) is 5.27. The van der Waals surface area contributed by atoms with Gasteiger partial charge in [0.05, 0.1) is 12.2 Å². The van der Waals surface area contributed by atoms with Gasteiger partial charge in [-0.3, -0.25) is 0 Å². The Bertz CT molecular complexity index is 553. The summed E-state index contributed by atoms with van der Waals surface area (Å²) >= 11 is 1.07. The van der Waals surface area contributed by atoms with Crippen molar-refractivity contribution in [1.29, 1.82) is 0 Å². The van der Waals surface area contributed by atoms with E-state index in [1.807, 2.05) is 6.92 Å². The van der Waals surface area contributed by atoms with Crippen molar-refractivity contribution < 1.29 is 14.3 Å². The molecule has 0 aliphatic heterocycles. The van der Waals surface area contributed by atoms with E-state index >= 15 is 0 Å². The lowest BCUT2D eigenvalue weighted by Gasteiger charge is -2.12. The van der Waals surface area contributed by atoms with Crippen LogP contribution in [-0.4, -0.2) is 16.1 Å². The predicted molar refractivity (Wildman–Crippen MR) is 67.5 cm³/mol. The van der Waals surface area contributed by atoms with Crippen LogP contribution in [0.5, 0.6) is 0 Å². The van der Waals surface area contributed by atoms with Crippen molar-refractivity contribution in [2.24, 2.45) is 0 Å². The molecule has 4 nitrogen and oxygen atoms in total. The Balaban J connectivity index is 2.08. The average molecular weight is 266 g/mol. The van der Waals surface area contributed by atoms with E-state index in [0.29, 0.717) is 5.13 Å². The molecule has 2 rings (SSSR count).